The van der Waals surface area contributed by atoms with Crippen LogP contribution in [0.15, 0.2) is 46.9 Å². The Hall–Kier alpha value is -1.44. The molecule has 0 spiro atoms. The summed E-state index contributed by atoms with van der Waals surface area (Å²) in [4.78, 5) is 0. The number of alkyl halides is 3. The highest BCUT2D eigenvalue weighted by Gasteiger charge is 2.31. The molecule has 0 unspecified atom stereocenters. The molecule has 8 heteroatoms. The molecule has 0 heterocycles. The zero-order valence-corrected chi connectivity index (χ0v) is 13.4. The van der Waals surface area contributed by atoms with E-state index in [2.05, 4.69) is 20.7 Å². The molecule has 0 saturated carbocycles. The smallest absolute Gasteiger partial charge is 0.506 e. The minimum absolute atomic E-state index is 0. The van der Waals surface area contributed by atoms with Crippen molar-refractivity contribution < 1.29 is 23.0 Å². The molecule has 2 rings (SSSR count). The van der Waals surface area contributed by atoms with E-state index >= 15 is 0 Å². The van der Waals surface area contributed by atoms with Gasteiger partial charge in [0.05, 0.1) is 10.5 Å². The van der Waals surface area contributed by atoms with Crippen LogP contribution in [0.5, 0.6) is 11.5 Å². The molecule has 0 aliphatic rings. The summed E-state index contributed by atoms with van der Waals surface area (Å²) >= 11 is 3.18. The fraction of sp³-hybridized carbons (Fsp3) is 0.143. The second-order valence-corrected chi connectivity index (χ2v) is 5.13. The second-order valence-electron chi connectivity index (χ2n) is 4.27. The van der Waals surface area contributed by atoms with Gasteiger partial charge < -0.3 is 15.6 Å². The van der Waals surface area contributed by atoms with Crippen molar-refractivity contribution in [1.29, 1.82) is 0 Å². The summed E-state index contributed by atoms with van der Waals surface area (Å²) in [5.74, 6) is -0.322. The molecule has 22 heavy (non-hydrogen) atoms. The summed E-state index contributed by atoms with van der Waals surface area (Å²) in [6.45, 7) is 0. The average Bonchev–Trinajstić information content (AvgIpc) is 2.40. The molecule has 0 radical (unpaired) electrons. The number of para-hydroxylation sites is 1. The number of rotatable bonds is 3. The van der Waals surface area contributed by atoms with Crippen molar-refractivity contribution in [2.75, 3.05) is 0 Å². The normalized spacial score (nSPS) is 12.4. The van der Waals surface area contributed by atoms with Crippen LogP contribution < -0.4 is 10.5 Å². The Morgan fingerprint density at radius 3 is 2.23 bits per heavy atom. The van der Waals surface area contributed by atoms with Crippen LogP contribution in [0.1, 0.15) is 17.2 Å². The molecule has 0 aliphatic carbocycles. The first-order chi connectivity index (χ1) is 9.78. The molecule has 3 nitrogen and oxygen atoms in total. The Labute approximate surface area is 139 Å². The fourth-order valence-electron chi connectivity index (χ4n) is 1.84. The van der Waals surface area contributed by atoms with Gasteiger partial charge in [0, 0.05) is 5.56 Å². The molecular weight excluding hydrogens is 387 g/mol. The van der Waals surface area contributed by atoms with Crippen molar-refractivity contribution in [3.05, 3.63) is 58.1 Å². The molecule has 0 aromatic heterocycles. The number of benzene rings is 2. The number of phenolic OH excluding ortho intramolecular Hbond substituents is 1. The van der Waals surface area contributed by atoms with Crippen molar-refractivity contribution in [3.63, 3.8) is 0 Å². The lowest BCUT2D eigenvalue weighted by Gasteiger charge is -2.16. The maximum atomic E-state index is 12.1. The van der Waals surface area contributed by atoms with Gasteiger partial charge in [-0.15, -0.1) is 25.6 Å². The third-order valence-corrected chi connectivity index (χ3v) is 3.47. The minimum Gasteiger partial charge on any atom is -0.506 e. The Kier molecular flexibility index (Phi) is 6.10. The van der Waals surface area contributed by atoms with E-state index in [4.69, 9.17) is 5.73 Å². The van der Waals surface area contributed by atoms with Gasteiger partial charge in [0.2, 0.25) is 0 Å². The van der Waals surface area contributed by atoms with Crippen LogP contribution in [0.25, 0.3) is 0 Å². The van der Waals surface area contributed by atoms with Crippen LogP contribution in [0, 0.1) is 0 Å². The summed E-state index contributed by atoms with van der Waals surface area (Å²) in [6.07, 6.45) is -4.73. The van der Waals surface area contributed by atoms with Crippen molar-refractivity contribution in [2.45, 2.75) is 12.4 Å². The van der Waals surface area contributed by atoms with Gasteiger partial charge in [-0.25, -0.2) is 0 Å². The molecule has 0 saturated heterocycles. The summed E-state index contributed by atoms with van der Waals surface area (Å²) < 4.78 is 40.5. The van der Waals surface area contributed by atoms with E-state index < -0.39 is 12.4 Å². The van der Waals surface area contributed by atoms with E-state index in [-0.39, 0.29) is 23.9 Å². The van der Waals surface area contributed by atoms with E-state index in [0.29, 0.717) is 15.6 Å². The molecule has 0 amide bonds. The van der Waals surface area contributed by atoms with Crippen LogP contribution in [-0.2, 0) is 0 Å². The highest BCUT2D eigenvalue weighted by Crippen LogP contribution is 2.34. The summed E-state index contributed by atoms with van der Waals surface area (Å²) in [5.41, 5.74) is 7.04. The van der Waals surface area contributed by atoms with Gasteiger partial charge in [-0.05, 0) is 39.7 Å². The van der Waals surface area contributed by atoms with Gasteiger partial charge >= 0.3 is 6.36 Å². The number of phenols is 1. The largest absolute Gasteiger partial charge is 0.573 e. The Bertz CT molecular complexity index is 635. The van der Waals surface area contributed by atoms with Crippen LogP contribution in [0.4, 0.5) is 13.2 Å². The number of halogens is 5. The van der Waals surface area contributed by atoms with Crippen LogP contribution >= 0.6 is 28.3 Å². The van der Waals surface area contributed by atoms with Gasteiger partial charge in [-0.3, -0.25) is 0 Å². The van der Waals surface area contributed by atoms with Gasteiger partial charge in [0.1, 0.15) is 11.5 Å². The molecule has 0 fully saturated rings. The Morgan fingerprint density at radius 1 is 1.09 bits per heavy atom. The highest BCUT2D eigenvalue weighted by atomic mass is 79.9. The van der Waals surface area contributed by atoms with Crippen molar-refractivity contribution in [3.8, 4) is 11.5 Å². The molecule has 3 N–H and O–H groups in total. The van der Waals surface area contributed by atoms with Crippen LogP contribution in [0.2, 0.25) is 0 Å². The number of hydrogen-bond acceptors (Lipinski definition) is 3. The van der Waals surface area contributed by atoms with E-state index in [1.165, 1.54) is 24.3 Å². The van der Waals surface area contributed by atoms with Crippen molar-refractivity contribution in [1.82, 2.24) is 0 Å². The van der Waals surface area contributed by atoms with Crippen molar-refractivity contribution >= 4 is 28.3 Å². The first-order valence-corrected chi connectivity index (χ1v) is 6.66. The first kappa shape index (κ1) is 18.6. The lowest BCUT2D eigenvalue weighted by Crippen LogP contribution is -2.17. The first-order valence-electron chi connectivity index (χ1n) is 5.86. The molecule has 0 aliphatic heterocycles. The summed E-state index contributed by atoms with van der Waals surface area (Å²) in [5, 5.41) is 9.94. The van der Waals surface area contributed by atoms with E-state index in [0.717, 1.165) is 0 Å². The molecule has 2 aromatic rings. The van der Waals surface area contributed by atoms with Gasteiger partial charge in [0.15, 0.2) is 0 Å². The van der Waals surface area contributed by atoms with Gasteiger partial charge in [0.25, 0.3) is 0 Å². The Morgan fingerprint density at radius 2 is 1.68 bits per heavy atom. The standard InChI is InChI=1S/C14H11BrF3NO2.ClH/c15-11-3-1-2-10(13(11)20)12(19)8-4-6-9(7-5-8)21-14(16,17)18;/h1-7,12,20H,19H2;1H/t12-;/m1./s1. The third kappa shape index (κ3) is 4.53. The quantitative estimate of drug-likeness (QED) is 0.799. The monoisotopic (exact) mass is 397 g/mol. The zero-order chi connectivity index (χ0) is 15.6. The maximum Gasteiger partial charge on any atom is 0.573 e. The summed E-state index contributed by atoms with van der Waals surface area (Å²) in [6, 6.07) is 9.55. The van der Waals surface area contributed by atoms with E-state index in [1.807, 2.05) is 0 Å². The van der Waals surface area contributed by atoms with E-state index in [9.17, 15) is 18.3 Å². The lowest BCUT2D eigenvalue weighted by molar-refractivity contribution is -0.274. The molecule has 120 valence electrons. The molecule has 2 aromatic carbocycles. The topological polar surface area (TPSA) is 55.5 Å². The number of aromatic hydroxyl groups is 1. The third-order valence-electron chi connectivity index (χ3n) is 2.83. The van der Waals surface area contributed by atoms with Gasteiger partial charge in [-0.2, -0.15) is 0 Å². The predicted octanol–water partition coefficient (Wildman–Crippen LogP) is 4.52. The second kappa shape index (κ2) is 7.21. The number of nitrogens with two attached hydrogens (primary N) is 1. The van der Waals surface area contributed by atoms with Crippen molar-refractivity contribution in [2.24, 2.45) is 5.73 Å². The minimum atomic E-state index is -4.73. The predicted molar refractivity (Wildman–Crippen MR) is 82.2 cm³/mol. The van der Waals surface area contributed by atoms with Crippen LogP contribution in [-0.4, -0.2) is 11.5 Å². The SMILES string of the molecule is Cl.N[C@H](c1ccc(OC(F)(F)F)cc1)c1cccc(Br)c1O. The highest BCUT2D eigenvalue weighted by molar-refractivity contribution is 9.10. The molecular formula is C14H12BrClF3NO2. The fourth-order valence-corrected chi connectivity index (χ4v) is 2.22. The number of hydrogen-bond donors (Lipinski definition) is 2. The molecule has 1 atom stereocenters. The Balaban J connectivity index is 0.00000242. The lowest BCUT2D eigenvalue weighted by atomic mass is 9.99. The zero-order valence-electron chi connectivity index (χ0n) is 11.0. The van der Waals surface area contributed by atoms with E-state index in [1.54, 1.807) is 18.2 Å². The van der Waals surface area contributed by atoms with Gasteiger partial charge in [-0.1, -0.05) is 24.3 Å². The average molecular weight is 399 g/mol. The van der Waals surface area contributed by atoms with Crippen LogP contribution in [0.3, 0.4) is 0 Å². The molecule has 0 bridgehead atoms. The number of ether oxygens (including phenoxy) is 1. The summed E-state index contributed by atoms with van der Waals surface area (Å²) in [7, 11) is 0. The maximum absolute atomic E-state index is 12.1.